The molecule has 2 rings (SSSR count). The highest BCUT2D eigenvalue weighted by molar-refractivity contribution is 5.57. The first kappa shape index (κ1) is 9.65. The van der Waals surface area contributed by atoms with Crippen molar-refractivity contribution in [2.45, 2.75) is 13.3 Å². The van der Waals surface area contributed by atoms with Gasteiger partial charge in [-0.3, -0.25) is 4.79 Å². The Bertz CT molecular complexity index is 479. The van der Waals surface area contributed by atoms with E-state index < -0.39 is 0 Å². The summed E-state index contributed by atoms with van der Waals surface area (Å²) in [5.41, 5.74) is 2.92. The van der Waals surface area contributed by atoms with Gasteiger partial charge in [0.1, 0.15) is 0 Å². The van der Waals surface area contributed by atoms with E-state index >= 15 is 0 Å². The zero-order valence-electron chi connectivity index (χ0n) is 8.53. The molecule has 2 aromatic rings. The topological polar surface area (TPSA) is 45.8 Å². The first-order valence-electron chi connectivity index (χ1n) is 4.93. The summed E-state index contributed by atoms with van der Waals surface area (Å²) in [6.45, 7) is 2.12. The molecular formula is C12H12N2O. The van der Waals surface area contributed by atoms with Crippen LogP contribution >= 0.6 is 0 Å². The van der Waals surface area contributed by atoms with Crippen molar-refractivity contribution in [1.82, 2.24) is 9.97 Å². The second-order valence-electron chi connectivity index (χ2n) is 3.35. The first-order valence-corrected chi connectivity index (χ1v) is 4.93. The fourth-order valence-corrected chi connectivity index (χ4v) is 1.41. The molecule has 0 saturated heterocycles. The lowest BCUT2D eigenvalue weighted by Crippen LogP contribution is -2.04. The third kappa shape index (κ3) is 2.13. The standard InChI is InChI=1S/C12H12N2O/c1-2-9-3-5-10(6-4-9)11-7-14-12(15)8-13-11/h3-8H,2H2,1H3,(H,14,15). The van der Waals surface area contributed by atoms with Gasteiger partial charge in [-0.15, -0.1) is 0 Å². The van der Waals surface area contributed by atoms with Crippen LogP contribution < -0.4 is 5.56 Å². The molecule has 1 heterocycles. The van der Waals surface area contributed by atoms with E-state index in [1.165, 1.54) is 11.8 Å². The quantitative estimate of drug-likeness (QED) is 0.805. The Morgan fingerprint density at radius 3 is 2.53 bits per heavy atom. The van der Waals surface area contributed by atoms with Gasteiger partial charge in [0.25, 0.3) is 5.56 Å². The summed E-state index contributed by atoms with van der Waals surface area (Å²) in [4.78, 5) is 17.5. The van der Waals surface area contributed by atoms with Crippen LogP contribution in [0.2, 0.25) is 0 Å². The highest BCUT2D eigenvalue weighted by atomic mass is 16.1. The molecule has 0 bridgehead atoms. The predicted octanol–water partition coefficient (Wildman–Crippen LogP) is 2.00. The van der Waals surface area contributed by atoms with Crippen molar-refractivity contribution in [3.05, 3.63) is 52.6 Å². The lowest BCUT2D eigenvalue weighted by molar-refractivity contribution is 1.13. The summed E-state index contributed by atoms with van der Waals surface area (Å²) in [6, 6.07) is 8.17. The third-order valence-corrected chi connectivity index (χ3v) is 2.33. The van der Waals surface area contributed by atoms with Crippen molar-refractivity contribution < 1.29 is 0 Å². The largest absolute Gasteiger partial charge is 0.326 e. The molecule has 1 aromatic heterocycles. The summed E-state index contributed by atoms with van der Waals surface area (Å²) >= 11 is 0. The van der Waals surface area contributed by atoms with E-state index in [-0.39, 0.29) is 5.56 Å². The van der Waals surface area contributed by atoms with Crippen molar-refractivity contribution in [3.8, 4) is 11.3 Å². The minimum absolute atomic E-state index is 0.177. The van der Waals surface area contributed by atoms with Gasteiger partial charge in [-0.1, -0.05) is 31.2 Å². The fraction of sp³-hybridized carbons (Fsp3) is 0.167. The van der Waals surface area contributed by atoms with Crippen molar-refractivity contribution in [1.29, 1.82) is 0 Å². The van der Waals surface area contributed by atoms with Crippen molar-refractivity contribution in [2.24, 2.45) is 0 Å². The number of nitrogens with zero attached hydrogens (tertiary/aromatic N) is 1. The van der Waals surface area contributed by atoms with Gasteiger partial charge in [0.15, 0.2) is 0 Å². The third-order valence-electron chi connectivity index (χ3n) is 2.33. The lowest BCUT2D eigenvalue weighted by Gasteiger charge is -2.01. The SMILES string of the molecule is CCc1ccc(-c2c[nH]c(=O)cn2)cc1. The minimum atomic E-state index is -0.177. The van der Waals surface area contributed by atoms with Gasteiger partial charge in [-0.2, -0.15) is 0 Å². The van der Waals surface area contributed by atoms with Crippen LogP contribution in [0.15, 0.2) is 41.5 Å². The number of hydrogen-bond acceptors (Lipinski definition) is 2. The van der Waals surface area contributed by atoms with E-state index in [1.54, 1.807) is 6.20 Å². The molecule has 0 aliphatic carbocycles. The van der Waals surface area contributed by atoms with Crippen molar-refractivity contribution >= 4 is 0 Å². The average molecular weight is 200 g/mol. The molecular weight excluding hydrogens is 188 g/mol. The summed E-state index contributed by atoms with van der Waals surface area (Å²) in [5, 5.41) is 0. The van der Waals surface area contributed by atoms with Crippen LogP contribution in [0.3, 0.4) is 0 Å². The van der Waals surface area contributed by atoms with E-state index in [1.807, 2.05) is 12.1 Å². The monoisotopic (exact) mass is 200 g/mol. The summed E-state index contributed by atoms with van der Waals surface area (Å²) in [6.07, 6.45) is 3.95. The maximum Gasteiger partial charge on any atom is 0.266 e. The highest BCUT2D eigenvalue weighted by Gasteiger charge is 1.98. The van der Waals surface area contributed by atoms with Crippen LogP contribution in [0.4, 0.5) is 0 Å². The zero-order valence-corrected chi connectivity index (χ0v) is 8.53. The molecule has 15 heavy (non-hydrogen) atoms. The molecule has 0 atom stereocenters. The molecule has 1 N–H and O–H groups in total. The molecule has 3 heteroatoms. The molecule has 76 valence electrons. The van der Waals surface area contributed by atoms with Gasteiger partial charge in [-0.05, 0) is 12.0 Å². The number of aromatic nitrogens is 2. The number of hydrogen-bond donors (Lipinski definition) is 1. The van der Waals surface area contributed by atoms with Crippen LogP contribution in [0.5, 0.6) is 0 Å². The lowest BCUT2D eigenvalue weighted by atomic mass is 10.1. The Balaban J connectivity index is 2.37. The maximum absolute atomic E-state index is 10.8. The number of aromatic amines is 1. The molecule has 0 unspecified atom stereocenters. The van der Waals surface area contributed by atoms with Crippen molar-refractivity contribution in [3.63, 3.8) is 0 Å². The van der Waals surface area contributed by atoms with Crippen LogP contribution in [0.25, 0.3) is 11.3 Å². The van der Waals surface area contributed by atoms with Crippen molar-refractivity contribution in [2.75, 3.05) is 0 Å². The molecule has 0 amide bonds. The van der Waals surface area contributed by atoms with E-state index in [0.29, 0.717) is 0 Å². The number of rotatable bonds is 2. The fourth-order valence-electron chi connectivity index (χ4n) is 1.41. The summed E-state index contributed by atoms with van der Waals surface area (Å²) in [7, 11) is 0. The smallest absolute Gasteiger partial charge is 0.266 e. The Morgan fingerprint density at radius 1 is 1.27 bits per heavy atom. The molecule has 0 saturated carbocycles. The Kier molecular flexibility index (Phi) is 2.63. The summed E-state index contributed by atoms with van der Waals surface area (Å²) < 4.78 is 0. The van der Waals surface area contributed by atoms with E-state index in [2.05, 4.69) is 29.0 Å². The number of aryl methyl sites for hydroxylation is 1. The van der Waals surface area contributed by atoms with Crippen LogP contribution in [0.1, 0.15) is 12.5 Å². The minimum Gasteiger partial charge on any atom is -0.326 e. The molecule has 0 radical (unpaired) electrons. The Labute approximate surface area is 87.8 Å². The number of H-pyrrole nitrogens is 1. The maximum atomic E-state index is 10.8. The van der Waals surface area contributed by atoms with Crippen LogP contribution in [0, 0.1) is 0 Å². The highest BCUT2D eigenvalue weighted by Crippen LogP contribution is 2.15. The Morgan fingerprint density at radius 2 is 2.00 bits per heavy atom. The molecule has 3 nitrogen and oxygen atoms in total. The molecule has 0 aliphatic heterocycles. The average Bonchev–Trinajstić information content (AvgIpc) is 2.30. The van der Waals surface area contributed by atoms with Crippen LogP contribution in [-0.4, -0.2) is 9.97 Å². The second kappa shape index (κ2) is 4.09. The van der Waals surface area contributed by atoms with Gasteiger partial charge in [0, 0.05) is 11.8 Å². The molecule has 1 aromatic carbocycles. The Hall–Kier alpha value is -1.90. The number of nitrogens with one attached hydrogen (secondary N) is 1. The normalized spacial score (nSPS) is 10.2. The van der Waals surface area contributed by atoms with E-state index in [0.717, 1.165) is 17.7 Å². The van der Waals surface area contributed by atoms with Gasteiger partial charge in [-0.25, -0.2) is 4.98 Å². The summed E-state index contributed by atoms with van der Waals surface area (Å²) in [5.74, 6) is 0. The van der Waals surface area contributed by atoms with Gasteiger partial charge in [0.05, 0.1) is 11.9 Å². The molecule has 0 aliphatic rings. The van der Waals surface area contributed by atoms with Gasteiger partial charge >= 0.3 is 0 Å². The van der Waals surface area contributed by atoms with Crippen LogP contribution in [-0.2, 0) is 6.42 Å². The number of benzene rings is 1. The first-order chi connectivity index (χ1) is 7.29. The van der Waals surface area contributed by atoms with Gasteiger partial charge in [0.2, 0.25) is 0 Å². The molecule has 0 fully saturated rings. The second-order valence-corrected chi connectivity index (χ2v) is 3.35. The predicted molar refractivity (Wildman–Crippen MR) is 59.7 cm³/mol. The van der Waals surface area contributed by atoms with E-state index in [4.69, 9.17) is 0 Å². The molecule has 0 spiro atoms. The zero-order chi connectivity index (χ0) is 10.7. The van der Waals surface area contributed by atoms with E-state index in [9.17, 15) is 4.79 Å². The van der Waals surface area contributed by atoms with Gasteiger partial charge < -0.3 is 4.98 Å².